The van der Waals surface area contributed by atoms with E-state index in [2.05, 4.69) is 27.3 Å². The normalized spacial score (nSPS) is 11.9. The van der Waals surface area contributed by atoms with Crippen molar-refractivity contribution < 1.29 is 4.74 Å². The lowest BCUT2D eigenvalue weighted by atomic mass is 10.2. The average molecular weight is 283 g/mol. The van der Waals surface area contributed by atoms with Gasteiger partial charge in [0.05, 0.1) is 0 Å². The Labute approximate surface area is 105 Å². The highest BCUT2D eigenvalue weighted by atomic mass is 79.9. The molecule has 86 valence electrons. The molecule has 0 saturated heterocycles. The second-order valence-corrected chi connectivity index (χ2v) is 4.34. The first-order valence-electron chi connectivity index (χ1n) is 5.20. The van der Waals surface area contributed by atoms with Crippen LogP contribution in [0.5, 0.6) is 5.75 Å². The van der Waals surface area contributed by atoms with Gasteiger partial charge in [-0.2, -0.15) is 5.26 Å². The number of nitrogens with one attached hydrogen (secondary N) is 1. The van der Waals surface area contributed by atoms with Crippen LogP contribution in [0.25, 0.3) is 0 Å². The van der Waals surface area contributed by atoms with Crippen LogP contribution in [-0.2, 0) is 6.54 Å². The summed E-state index contributed by atoms with van der Waals surface area (Å²) < 4.78 is 6.64. The van der Waals surface area contributed by atoms with Gasteiger partial charge in [-0.1, -0.05) is 22.9 Å². The van der Waals surface area contributed by atoms with Crippen molar-refractivity contribution in [3.8, 4) is 11.8 Å². The molecule has 1 atom stereocenters. The summed E-state index contributed by atoms with van der Waals surface area (Å²) in [6, 6.07) is 7.93. The topological polar surface area (TPSA) is 45.0 Å². The highest BCUT2D eigenvalue weighted by Gasteiger charge is 2.10. The van der Waals surface area contributed by atoms with Crippen LogP contribution in [0.4, 0.5) is 0 Å². The van der Waals surface area contributed by atoms with E-state index < -0.39 is 0 Å². The minimum Gasteiger partial charge on any atom is -0.475 e. The van der Waals surface area contributed by atoms with Crippen LogP contribution in [0.15, 0.2) is 22.7 Å². The Morgan fingerprint density at radius 1 is 1.56 bits per heavy atom. The van der Waals surface area contributed by atoms with Gasteiger partial charge in [0.1, 0.15) is 11.8 Å². The summed E-state index contributed by atoms with van der Waals surface area (Å²) >= 11 is 3.42. The zero-order valence-corrected chi connectivity index (χ0v) is 11.0. The first-order chi connectivity index (χ1) is 7.71. The molecule has 0 aliphatic heterocycles. The van der Waals surface area contributed by atoms with Crippen LogP contribution in [0, 0.1) is 11.3 Å². The second kappa shape index (κ2) is 6.51. The second-order valence-electron chi connectivity index (χ2n) is 3.43. The fraction of sp³-hybridized carbons (Fsp3) is 0.417. The molecule has 1 unspecified atom stereocenters. The molecule has 3 nitrogen and oxygen atoms in total. The molecule has 0 bridgehead atoms. The van der Waals surface area contributed by atoms with Gasteiger partial charge < -0.3 is 10.1 Å². The Balaban J connectivity index is 2.90. The molecular formula is C12H15BrN2O. The Kier molecular flexibility index (Phi) is 5.30. The molecule has 0 fully saturated rings. The van der Waals surface area contributed by atoms with Gasteiger partial charge in [0.2, 0.25) is 0 Å². The largest absolute Gasteiger partial charge is 0.475 e. The zero-order valence-electron chi connectivity index (χ0n) is 9.46. The summed E-state index contributed by atoms with van der Waals surface area (Å²) in [4.78, 5) is 0. The number of nitriles is 1. The van der Waals surface area contributed by atoms with Crippen molar-refractivity contribution in [2.24, 2.45) is 0 Å². The lowest BCUT2D eigenvalue weighted by molar-refractivity contribution is 0.249. The van der Waals surface area contributed by atoms with Crippen molar-refractivity contribution >= 4 is 15.9 Å². The fourth-order valence-corrected chi connectivity index (χ4v) is 1.75. The minimum atomic E-state index is -0.378. The summed E-state index contributed by atoms with van der Waals surface area (Å²) in [5, 5.41) is 11.9. The predicted molar refractivity (Wildman–Crippen MR) is 67.2 cm³/mol. The number of benzene rings is 1. The maximum absolute atomic E-state index is 8.86. The van der Waals surface area contributed by atoms with E-state index in [4.69, 9.17) is 10.00 Å². The number of hydrogen-bond acceptors (Lipinski definition) is 3. The van der Waals surface area contributed by atoms with Gasteiger partial charge in [-0.05, 0) is 31.7 Å². The Morgan fingerprint density at radius 2 is 2.31 bits per heavy atom. The van der Waals surface area contributed by atoms with Crippen molar-refractivity contribution in [3.05, 3.63) is 28.2 Å². The zero-order chi connectivity index (χ0) is 12.0. The summed E-state index contributed by atoms with van der Waals surface area (Å²) in [6.45, 7) is 2.65. The number of rotatable bonds is 5. The van der Waals surface area contributed by atoms with E-state index in [0.717, 1.165) is 22.3 Å². The molecule has 1 N–H and O–H groups in total. The van der Waals surface area contributed by atoms with Gasteiger partial charge in [0, 0.05) is 16.6 Å². The van der Waals surface area contributed by atoms with Crippen molar-refractivity contribution in [2.45, 2.75) is 26.0 Å². The quantitative estimate of drug-likeness (QED) is 0.903. The average Bonchev–Trinajstić information content (AvgIpc) is 2.29. The fourth-order valence-electron chi connectivity index (χ4n) is 1.35. The first-order valence-corrected chi connectivity index (χ1v) is 5.99. The lowest BCUT2D eigenvalue weighted by Gasteiger charge is -2.14. The number of nitrogens with zero attached hydrogens (tertiary/aromatic N) is 1. The highest BCUT2D eigenvalue weighted by Crippen LogP contribution is 2.24. The first kappa shape index (κ1) is 13.0. The molecule has 0 radical (unpaired) electrons. The van der Waals surface area contributed by atoms with Crippen LogP contribution in [0.2, 0.25) is 0 Å². The summed E-state index contributed by atoms with van der Waals surface area (Å²) in [5.41, 5.74) is 1.05. The third-order valence-corrected chi connectivity index (χ3v) is 2.67. The number of halogens is 1. The molecule has 0 saturated carbocycles. The van der Waals surface area contributed by atoms with E-state index >= 15 is 0 Å². The third-order valence-electron chi connectivity index (χ3n) is 2.17. The maximum Gasteiger partial charge on any atom is 0.184 e. The maximum atomic E-state index is 8.86. The summed E-state index contributed by atoms with van der Waals surface area (Å²) in [7, 11) is 1.88. The molecule has 0 heterocycles. The van der Waals surface area contributed by atoms with E-state index in [9.17, 15) is 0 Å². The molecule has 0 amide bonds. The molecule has 1 aromatic rings. The van der Waals surface area contributed by atoms with Crippen molar-refractivity contribution in [2.75, 3.05) is 7.05 Å². The standard InChI is InChI=1S/C12H15BrN2O/c1-3-11(7-14)16-12-5-4-10(13)6-9(12)8-15-2/h4-6,11,15H,3,8H2,1-2H3. The minimum absolute atomic E-state index is 0.378. The van der Waals surface area contributed by atoms with E-state index in [-0.39, 0.29) is 6.10 Å². The number of hydrogen-bond donors (Lipinski definition) is 1. The molecule has 0 aliphatic rings. The Hall–Kier alpha value is -1.05. The third kappa shape index (κ3) is 3.51. The molecule has 1 rings (SSSR count). The SMILES string of the molecule is CCC(C#N)Oc1ccc(Br)cc1CNC. The van der Waals surface area contributed by atoms with Crippen molar-refractivity contribution in [1.29, 1.82) is 5.26 Å². The molecule has 0 aliphatic carbocycles. The smallest absolute Gasteiger partial charge is 0.184 e. The van der Waals surface area contributed by atoms with Crippen LogP contribution in [-0.4, -0.2) is 13.2 Å². The summed E-state index contributed by atoms with van der Waals surface area (Å²) in [6.07, 6.45) is 0.308. The molecule has 1 aromatic carbocycles. The molecule has 0 spiro atoms. The monoisotopic (exact) mass is 282 g/mol. The molecular weight excluding hydrogens is 268 g/mol. The number of ether oxygens (including phenoxy) is 1. The predicted octanol–water partition coefficient (Wildman–Crippen LogP) is 2.85. The van der Waals surface area contributed by atoms with E-state index in [1.54, 1.807) is 0 Å². The Morgan fingerprint density at radius 3 is 2.88 bits per heavy atom. The summed E-state index contributed by atoms with van der Waals surface area (Å²) in [5.74, 6) is 0.769. The van der Waals surface area contributed by atoms with E-state index in [1.807, 2.05) is 32.2 Å². The van der Waals surface area contributed by atoms with E-state index in [0.29, 0.717) is 6.42 Å². The lowest BCUT2D eigenvalue weighted by Crippen LogP contribution is -2.15. The van der Waals surface area contributed by atoms with Crippen LogP contribution >= 0.6 is 15.9 Å². The van der Waals surface area contributed by atoms with Crippen LogP contribution in [0.1, 0.15) is 18.9 Å². The van der Waals surface area contributed by atoms with Crippen molar-refractivity contribution in [1.82, 2.24) is 5.32 Å². The highest BCUT2D eigenvalue weighted by molar-refractivity contribution is 9.10. The molecule has 16 heavy (non-hydrogen) atoms. The van der Waals surface area contributed by atoms with Gasteiger partial charge in [0.25, 0.3) is 0 Å². The molecule has 4 heteroatoms. The van der Waals surface area contributed by atoms with Gasteiger partial charge >= 0.3 is 0 Å². The molecule has 0 aromatic heterocycles. The van der Waals surface area contributed by atoms with Gasteiger partial charge in [-0.3, -0.25) is 0 Å². The van der Waals surface area contributed by atoms with Crippen LogP contribution in [0.3, 0.4) is 0 Å². The van der Waals surface area contributed by atoms with Gasteiger partial charge in [-0.15, -0.1) is 0 Å². The van der Waals surface area contributed by atoms with Crippen LogP contribution < -0.4 is 10.1 Å². The van der Waals surface area contributed by atoms with E-state index in [1.165, 1.54) is 0 Å². The van der Waals surface area contributed by atoms with Gasteiger partial charge in [0.15, 0.2) is 6.10 Å². The van der Waals surface area contributed by atoms with Crippen molar-refractivity contribution in [3.63, 3.8) is 0 Å². The van der Waals surface area contributed by atoms with Gasteiger partial charge in [-0.25, -0.2) is 0 Å². The Bertz CT molecular complexity index is 387.